The molecule has 2 saturated heterocycles. The zero-order valence-corrected chi connectivity index (χ0v) is 19.1. The molecule has 2 aromatic rings. The van der Waals surface area contributed by atoms with Crippen LogP contribution in [0.2, 0.25) is 0 Å². The van der Waals surface area contributed by atoms with Gasteiger partial charge in [0.2, 0.25) is 5.91 Å². The second kappa shape index (κ2) is 10.5. The minimum absolute atomic E-state index is 0.00274. The van der Waals surface area contributed by atoms with Gasteiger partial charge in [-0.15, -0.1) is 0 Å². The summed E-state index contributed by atoms with van der Waals surface area (Å²) in [5.74, 6) is -1.09. The van der Waals surface area contributed by atoms with E-state index in [0.717, 1.165) is 24.5 Å². The fraction of sp³-hybridized carbons (Fsp3) is 0.360. The molecule has 9 nitrogen and oxygen atoms in total. The highest BCUT2D eigenvalue weighted by Gasteiger charge is 2.29. The highest BCUT2D eigenvalue weighted by atomic mass is 16.5. The molecule has 178 valence electrons. The Labute approximate surface area is 198 Å². The second-order valence-electron chi connectivity index (χ2n) is 8.47. The molecule has 2 heterocycles. The Morgan fingerprint density at radius 2 is 1.56 bits per heavy atom. The Kier molecular flexibility index (Phi) is 7.22. The summed E-state index contributed by atoms with van der Waals surface area (Å²) in [6.07, 6.45) is -0.890. The summed E-state index contributed by atoms with van der Waals surface area (Å²) in [7, 11) is 0. The predicted octanol–water partition coefficient (Wildman–Crippen LogP) is 1.63. The van der Waals surface area contributed by atoms with Gasteiger partial charge in [-0.05, 0) is 30.2 Å². The van der Waals surface area contributed by atoms with Crippen LogP contribution >= 0.6 is 0 Å². The largest absolute Gasteiger partial charge is 0.449 e. The minimum atomic E-state index is -0.890. The average molecular weight is 465 g/mol. The molecule has 1 unspecified atom stereocenters. The molecule has 2 aliphatic heterocycles. The van der Waals surface area contributed by atoms with Crippen molar-refractivity contribution in [2.45, 2.75) is 26.1 Å². The van der Waals surface area contributed by atoms with Gasteiger partial charge in [-0.2, -0.15) is 0 Å². The Morgan fingerprint density at radius 3 is 2.18 bits per heavy atom. The van der Waals surface area contributed by atoms with E-state index < -0.39 is 18.1 Å². The summed E-state index contributed by atoms with van der Waals surface area (Å²) in [4.78, 5) is 53.9. The van der Waals surface area contributed by atoms with Crippen molar-refractivity contribution in [2.24, 2.45) is 0 Å². The molecule has 0 aliphatic carbocycles. The second-order valence-corrected chi connectivity index (χ2v) is 8.47. The highest BCUT2D eigenvalue weighted by Crippen LogP contribution is 2.14. The van der Waals surface area contributed by atoms with Gasteiger partial charge in [-0.1, -0.05) is 42.5 Å². The lowest BCUT2D eigenvalue weighted by atomic mass is 10.1. The van der Waals surface area contributed by atoms with Crippen LogP contribution in [0.15, 0.2) is 54.6 Å². The molecule has 0 aromatic heterocycles. The maximum absolute atomic E-state index is 12.8. The van der Waals surface area contributed by atoms with Crippen LogP contribution in [0, 0.1) is 0 Å². The first kappa shape index (κ1) is 23.4. The van der Waals surface area contributed by atoms with Gasteiger partial charge in [0.25, 0.3) is 5.91 Å². The third-order valence-electron chi connectivity index (χ3n) is 6.03. The first-order valence-corrected chi connectivity index (χ1v) is 11.3. The summed E-state index contributed by atoms with van der Waals surface area (Å²) < 4.78 is 5.41. The summed E-state index contributed by atoms with van der Waals surface area (Å²) in [6.45, 7) is 5.27. The Bertz CT molecular complexity index is 1030. The number of amides is 4. The van der Waals surface area contributed by atoms with E-state index in [4.69, 9.17) is 4.74 Å². The van der Waals surface area contributed by atoms with Crippen LogP contribution in [0.25, 0.3) is 0 Å². The van der Waals surface area contributed by atoms with Gasteiger partial charge >= 0.3 is 12.0 Å². The van der Waals surface area contributed by atoms with Crippen molar-refractivity contribution in [1.82, 2.24) is 20.0 Å². The standard InChI is InChI=1S/C25H28N4O5/c1-18(23(31)28-13-11-27(12-14-28)16-19-5-3-2-4-6-19)34-24(32)21-9-7-20(8-10-21)17-29-22(30)15-26-25(29)33/h2-10,18H,11-17H2,1H3,(H,26,33). The van der Waals surface area contributed by atoms with Crippen LogP contribution in [0.3, 0.4) is 0 Å². The number of nitrogens with zero attached hydrogens (tertiary/aromatic N) is 3. The van der Waals surface area contributed by atoms with E-state index in [-0.39, 0.29) is 24.9 Å². The van der Waals surface area contributed by atoms with Crippen LogP contribution in [0.1, 0.15) is 28.4 Å². The van der Waals surface area contributed by atoms with Crippen molar-refractivity contribution in [1.29, 1.82) is 0 Å². The lowest BCUT2D eigenvalue weighted by molar-refractivity contribution is -0.141. The number of benzene rings is 2. The zero-order valence-electron chi connectivity index (χ0n) is 19.1. The molecule has 2 aliphatic rings. The van der Waals surface area contributed by atoms with E-state index in [9.17, 15) is 19.2 Å². The van der Waals surface area contributed by atoms with Gasteiger partial charge < -0.3 is 15.0 Å². The van der Waals surface area contributed by atoms with E-state index in [1.807, 2.05) is 18.2 Å². The molecule has 4 rings (SSSR count). The minimum Gasteiger partial charge on any atom is -0.449 e. The predicted molar refractivity (Wildman–Crippen MR) is 124 cm³/mol. The first-order valence-electron chi connectivity index (χ1n) is 11.3. The molecule has 0 bridgehead atoms. The van der Waals surface area contributed by atoms with Gasteiger partial charge in [-0.25, -0.2) is 9.59 Å². The van der Waals surface area contributed by atoms with Gasteiger partial charge in [0.1, 0.15) is 0 Å². The van der Waals surface area contributed by atoms with Crippen molar-refractivity contribution in [3.63, 3.8) is 0 Å². The Morgan fingerprint density at radius 1 is 0.912 bits per heavy atom. The Hall–Kier alpha value is -3.72. The number of hydrogen-bond donors (Lipinski definition) is 1. The number of hydrogen-bond acceptors (Lipinski definition) is 6. The first-order chi connectivity index (χ1) is 16.4. The number of carbonyl (C=O) groups excluding carboxylic acids is 4. The average Bonchev–Trinajstić information content (AvgIpc) is 3.17. The number of nitrogens with one attached hydrogen (secondary N) is 1. The van der Waals surface area contributed by atoms with Crippen LogP contribution in [-0.2, 0) is 27.4 Å². The van der Waals surface area contributed by atoms with Crippen molar-refractivity contribution in [3.8, 4) is 0 Å². The van der Waals surface area contributed by atoms with Crippen LogP contribution in [0.5, 0.6) is 0 Å². The van der Waals surface area contributed by atoms with Crippen LogP contribution < -0.4 is 5.32 Å². The van der Waals surface area contributed by atoms with Crippen LogP contribution in [0.4, 0.5) is 4.79 Å². The molecule has 9 heteroatoms. The van der Waals surface area contributed by atoms with Gasteiger partial charge in [0, 0.05) is 32.7 Å². The van der Waals surface area contributed by atoms with E-state index in [1.165, 1.54) is 5.56 Å². The summed E-state index contributed by atoms with van der Waals surface area (Å²) >= 11 is 0. The lowest BCUT2D eigenvalue weighted by Gasteiger charge is -2.35. The topological polar surface area (TPSA) is 99.3 Å². The summed E-state index contributed by atoms with van der Waals surface area (Å²) in [5, 5.41) is 2.47. The van der Waals surface area contributed by atoms with Gasteiger partial charge in [0.15, 0.2) is 6.10 Å². The quantitative estimate of drug-likeness (QED) is 0.494. The number of piperazine rings is 1. The maximum Gasteiger partial charge on any atom is 0.338 e. The Balaban J connectivity index is 1.25. The normalized spacial score (nSPS) is 17.4. The molecule has 2 fully saturated rings. The van der Waals surface area contributed by atoms with Crippen LogP contribution in [-0.4, -0.2) is 77.3 Å². The molecule has 1 N–H and O–H groups in total. The highest BCUT2D eigenvalue weighted by molar-refractivity contribution is 6.01. The molecule has 4 amide bonds. The zero-order chi connectivity index (χ0) is 24.1. The smallest absolute Gasteiger partial charge is 0.338 e. The summed E-state index contributed by atoms with van der Waals surface area (Å²) in [6, 6.07) is 16.2. The van der Waals surface area contributed by atoms with E-state index in [0.29, 0.717) is 24.2 Å². The number of esters is 1. The number of imide groups is 1. The molecule has 1 atom stereocenters. The third kappa shape index (κ3) is 5.60. The number of rotatable bonds is 7. The summed E-state index contributed by atoms with van der Waals surface area (Å²) in [5.41, 5.74) is 2.25. The molecule has 2 aromatic carbocycles. The monoisotopic (exact) mass is 464 g/mol. The maximum atomic E-state index is 12.8. The number of urea groups is 1. The molecular weight excluding hydrogens is 436 g/mol. The van der Waals surface area contributed by atoms with E-state index >= 15 is 0 Å². The van der Waals surface area contributed by atoms with Crippen molar-refractivity contribution in [2.75, 3.05) is 32.7 Å². The SMILES string of the molecule is CC(OC(=O)c1ccc(CN2C(=O)CNC2=O)cc1)C(=O)N1CCN(Cc2ccccc2)CC1. The molecular formula is C25H28N4O5. The van der Waals surface area contributed by atoms with Crippen molar-refractivity contribution < 1.29 is 23.9 Å². The number of ether oxygens (including phenoxy) is 1. The third-order valence-corrected chi connectivity index (χ3v) is 6.03. The van der Waals surface area contributed by atoms with E-state index in [2.05, 4.69) is 22.3 Å². The molecule has 0 saturated carbocycles. The molecule has 0 radical (unpaired) electrons. The van der Waals surface area contributed by atoms with Crippen molar-refractivity contribution in [3.05, 3.63) is 71.3 Å². The fourth-order valence-electron chi connectivity index (χ4n) is 4.05. The fourth-order valence-corrected chi connectivity index (χ4v) is 4.05. The van der Waals surface area contributed by atoms with Gasteiger partial charge in [-0.3, -0.25) is 19.4 Å². The molecule has 0 spiro atoms. The van der Waals surface area contributed by atoms with Gasteiger partial charge in [0.05, 0.1) is 18.7 Å². The molecule has 34 heavy (non-hydrogen) atoms. The number of carbonyl (C=O) groups is 4. The van der Waals surface area contributed by atoms with Crippen molar-refractivity contribution >= 4 is 23.8 Å². The lowest BCUT2D eigenvalue weighted by Crippen LogP contribution is -2.51. The van der Waals surface area contributed by atoms with E-state index in [1.54, 1.807) is 36.1 Å².